The molecule has 1 unspecified atom stereocenters. The van der Waals surface area contributed by atoms with Crippen LogP contribution in [0.1, 0.15) is 78.1 Å². The van der Waals surface area contributed by atoms with Crippen molar-refractivity contribution in [3.63, 3.8) is 0 Å². The highest BCUT2D eigenvalue weighted by molar-refractivity contribution is 5.92. The molecule has 0 aliphatic heterocycles. The topological polar surface area (TPSA) is 72.2 Å². The van der Waals surface area contributed by atoms with Gasteiger partial charge in [-0.2, -0.15) is 0 Å². The molecule has 31 heavy (non-hydrogen) atoms. The number of rotatable bonds is 15. The van der Waals surface area contributed by atoms with Gasteiger partial charge in [-0.25, -0.2) is 0 Å². The number of carbonyl (C=O) groups excluding carboxylic acids is 2. The number of anilines is 1. The van der Waals surface area contributed by atoms with Crippen molar-refractivity contribution in [2.24, 2.45) is 5.73 Å². The van der Waals surface area contributed by atoms with Crippen molar-refractivity contribution in [1.29, 1.82) is 0 Å². The number of quaternary nitrogens is 1. The lowest BCUT2D eigenvalue weighted by atomic mass is 10.0. The zero-order chi connectivity index (χ0) is 22.8. The maximum absolute atomic E-state index is 12.6. The fraction of sp³-hybridized carbons (Fsp3) is 0.680. The summed E-state index contributed by atoms with van der Waals surface area (Å²) < 4.78 is 0.384. The van der Waals surface area contributed by atoms with Crippen LogP contribution in [-0.4, -0.2) is 49.9 Å². The van der Waals surface area contributed by atoms with Crippen molar-refractivity contribution in [3.05, 3.63) is 30.3 Å². The van der Waals surface area contributed by atoms with Crippen LogP contribution in [0.5, 0.6) is 0 Å². The number of Topliss-reactive ketones (excluding diaryl/α,β-unsaturated/α-hetero) is 1. The van der Waals surface area contributed by atoms with E-state index in [-0.39, 0.29) is 30.1 Å². The van der Waals surface area contributed by atoms with Crippen molar-refractivity contribution in [3.8, 4) is 0 Å². The van der Waals surface area contributed by atoms with Gasteiger partial charge < -0.3 is 27.9 Å². The summed E-state index contributed by atoms with van der Waals surface area (Å²) in [5, 5.41) is 2.91. The van der Waals surface area contributed by atoms with Gasteiger partial charge >= 0.3 is 0 Å². The lowest BCUT2D eigenvalue weighted by Crippen LogP contribution is -3.00. The summed E-state index contributed by atoms with van der Waals surface area (Å²) in [6.07, 6.45) is 11.9. The van der Waals surface area contributed by atoms with Crippen LogP contribution in [0.25, 0.3) is 0 Å². The first-order valence-electron chi connectivity index (χ1n) is 11.6. The van der Waals surface area contributed by atoms with E-state index in [1.165, 1.54) is 52.0 Å². The van der Waals surface area contributed by atoms with Crippen molar-refractivity contribution in [2.75, 3.05) is 33.0 Å². The minimum absolute atomic E-state index is 0. The number of unbranched alkanes of at least 4 members (excludes halogenated alkanes) is 8. The predicted octanol–water partition coefficient (Wildman–Crippen LogP) is 2.16. The highest BCUT2D eigenvalue weighted by Gasteiger charge is 2.32. The summed E-state index contributed by atoms with van der Waals surface area (Å²) in [5.74, 6) is 0.208. The van der Waals surface area contributed by atoms with Crippen molar-refractivity contribution < 1.29 is 26.5 Å². The number of amides is 1. The third-order valence-corrected chi connectivity index (χ3v) is 5.65. The molecule has 0 radical (unpaired) electrons. The Morgan fingerprint density at radius 3 is 1.90 bits per heavy atom. The molecule has 1 aromatic rings. The molecule has 0 saturated heterocycles. The Morgan fingerprint density at radius 2 is 1.39 bits per heavy atom. The van der Waals surface area contributed by atoms with Crippen LogP contribution >= 0.6 is 0 Å². The molecular weight excluding hydrogens is 410 g/mol. The fourth-order valence-corrected chi connectivity index (χ4v) is 3.44. The molecule has 0 aliphatic rings. The van der Waals surface area contributed by atoms with E-state index in [4.69, 9.17) is 0 Å². The summed E-state index contributed by atoms with van der Waals surface area (Å²) in [6, 6.07) is 9.28. The SMILES string of the molecule is CCCCCCCCCCCC(=O)C(C)[N+](C)(C)CC(=O)Nc1ccccc1.CN.[Cl-]. The molecule has 0 saturated carbocycles. The van der Waals surface area contributed by atoms with Gasteiger partial charge in [-0.3, -0.25) is 9.59 Å². The lowest BCUT2D eigenvalue weighted by Gasteiger charge is -2.34. The molecule has 1 amide bonds. The van der Waals surface area contributed by atoms with Gasteiger partial charge in [0.2, 0.25) is 0 Å². The number of hydrogen-bond acceptors (Lipinski definition) is 3. The van der Waals surface area contributed by atoms with Gasteiger partial charge in [0.25, 0.3) is 5.91 Å². The number of nitrogens with zero attached hydrogens (tertiary/aromatic N) is 1. The quantitative estimate of drug-likeness (QED) is 0.314. The number of likely N-dealkylation sites (N-methyl/N-ethyl adjacent to an activating group) is 1. The summed E-state index contributed by atoms with van der Waals surface area (Å²) in [5.41, 5.74) is 5.29. The normalized spacial score (nSPS) is 11.5. The molecule has 0 aliphatic carbocycles. The Hall–Kier alpha value is -1.43. The molecule has 1 aromatic carbocycles. The number of halogens is 1. The van der Waals surface area contributed by atoms with E-state index in [1.807, 2.05) is 51.4 Å². The molecule has 1 atom stereocenters. The van der Waals surface area contributed by atoms with Gasteiger partial charge in [-0.15, -0.1) is 0 Å². The Bertz CT molecular complexity index is 579. The Labute approximate surface area is 197 Å². The molecule has 0 heterocycles. The van der Waals surface area contributed by atoms with Gasteiger partial charge in [0, 0.05) is 12.1 Å². The molecule has 0 fully saturated rings. The van der Waals surface area contributed by atoms with Crippen molar-refractivity contribution in [2.45, 2.75) is 84.1 Å². The Balaban J connectivity index is 0. The second-order valence-corrected chi connectivity index (χ2v) is 8.57. The van der Waals surface area contributed by atoms with E-state index in [0.717, 1.165) is 18.5 Å². The minimum atomic E-state index is -0.171. The molecule has 0 bridgehead atoms. The predicted molar refractivity (Wildman–Crippen MR) is 128 cm³/mol. The number of para-hydroxylation sites is 1. The van der Waals surface area contributed by atoms with E-state index >= 15 is 0 Å². The van der Waals surface area contributed by atoms with Gasteiger partial charge in [0.05, 0.1) is 14.1 Å². The zero-order valence-corrected chi connectivity index (χ0v) is 21.2. The Kier molecular flexibility index (Phi) is 19.7. The van der Waals surface area contributed by atoms with Gasteiger partial charge in [-0.05, 0) is 32.5 Å². The van der Waals surface area contributed by atoms with Crippen LogP contribution in [0.3, 0.4) is 0 Å². The van der Waals surface area contributed by atoms with Gasteiger partial charge in [0.15, 0.2) is 12.3 Å². The third-order valence-electron chi connectivity index (χ3n) is 5.65. The first-order chi connectivity index (χ1) is 14.4. The van der Waals surface area contributed by atoms with E-state index in [0.29, 0.717) is 17.4 Å². The first kappa shape index (κ1) is 31.8. The molecular formula is C25H46ClN3O2. The zero-order valence-electron chi connectivity index (χ0n) is 20.5. The number of hydrogen-bond donors (Lipinski definition) is 2. The molecule has 5 nitrogen and oxygen atoms in total. The number of carbonyl (C=O) groups is 2. The van der Waals surface area contributed by atoms with Gasteiger partial charge in [-0.1, -0.05) is 76.5 Å². The summed E-state index contributed by atoms with van der Waals surface area (Å²) >= 11 is 0. The second kappa shape index (κ2) is 19.3. The van der Waals surface area contributed by atoms with Crippen LogP contribution in [0.4, 0.5) is 5.69 Å². The number of ketones is 1. The standard InChI is InChI=1S/C24H40N2O2.CH5N.ClH/c1-5-6-7-8-9-10-11-12-16-19-23(27)21(2)26(3,4)20-24(28)25-22-17-14-13-15-18-22;1-2;/h13-15,17-18,21H,5-12,16,19-20H2,1-4H3;2H2,1H3;1H. The van der Waals surface area contributed by atoms with Crippen molar-refractivity contribution >= 4 is 17.4 Å². The van der Waals surface area contributed by atoms with E-state index in [1.54, 1.807) is 0 Å². The Morgan fingerprint density at radius 1 is 0.903 bits per heavy atom. The molecule has 0 spiro atoms. The van der Waals surface area contributed by atoms with Crippen LogP contribution in [-0.2, 0) is 9.59 Å². The molecule has 1 rings (SSSR count). The molecule has 180 valence electrons. The van der Waals surface area contributed by atoms with E-state index in [2.05, 4.69) is 18.0 Å². The number of nitrogens with one attached hydrogen (secondary N) is 1. The second-order valence-electron chi connectivity index (χ2n) is 8.57. The molecule has 6 heteroatoms. The average Bonchev–Trinajstić information content (AvgIpc) is 2.73. The smallest absolute Gasteiger partial charge is 0.279 e. The minimum Gasteiger partial charge on any atom is -1.00 e. The third kappa shape index (κ3) is 15.1. The number of benzene rings is 1. The molecule has 3 N–H and O–H groups in total. The van der Waals surface area contributed by atoms with E-state index < -0.39 is 0 Å². The van der Waals surface area contributed by atoms with E-state index in [9.17, 15) is 9.59 Å². The maximum Gasteiger partial charge on any atom is 0.279 e. The van der Waals surface area contributed by atoms with Crippen LogP contribution in [0.15, 0.2) is 30.3 Å². The monoisotopic (exact) mass is 455 g/mol. The summed E-state index contributed by atoms with van der Waals surface area (Å²) in [7, 11) is 5.42. The van der Waals surface area contributed by atoms with Crippen LogP contribution < -0.4 is 23.5 Å². The summed E-state index contributed by atoms with van der Waals surface area (Å²) in [4.78, 5) is 24.9. The number of nitrogens with two attached hydrogens (primary N) is 1. The highest BCUT2D eigenvalue weighted by Crippen LogP contribution is 2.15. The highest BCUT2D eigenvalue weighted by atomic mass is 35.5. The maximum atomic E-state index is 12.6. The molecule has 0 aromatic heterocycles. The van der Waals surface area contributed by atoms with Gasteiger partial charge in [0.1, 0.15) is 6.04 Å². The first-order valence-corrected chi connectivity index (χ1v) is 11.6. The lowest BCUT2D eigenvalue weighted by molar-refractivity contribution is -0.896. The van der Waals surface area contributed by atoms with Crippen molar-refractivity contribution in [1.82, 2.24) is 0 Å². The largest absolute Gasteiger partial charge is 1.00 e. The van der Waals surface area contributed by atoms with Crippen LogP contribution in [0.2, 0.25) is 0 Å². The fourth-order valence-electron chi connectivity index (χ4n) is 3.44. The van der Waals surface area contributed by atoms with Crippen LogP contribution in [0, 0.1) is 0 Å². The summed E-state index contributed by atoms with van der Waals surface area (Å²) in [6.45, 7) is 4.49. The average molecular weight is 456 g/mol.